The van der Waals surface area contributed by atoms with Gasteiger partial charge in [-0.2, -0.15) is 0 Å². The lowest BCUT2D eigenvalue weighted by molar-refractivity contribution is 0.0211. The van der Waals surface area contributed by atoms with Crippen LogP contribution in [0.5, 0.6) is 5.88 Å². The summed E-state index contributed by atoms with van der Waals surface area (Å²) in [6.07, 6.45) is 0.615. The number of piperazine rings is 1. The second-order valence-electron chi connectivity index (χ2n) is 6.87. The molecule has 1 saturated heterocycles. The maximum absolute atomic E-state index is 12.3. The van der Waals surface area contributed by atoms with Crippen LogP contribution in [-0.4, -0.2) is 53.9 Å². The number of pyridine rings is 1. The molecule has 3 rings (SSSR count). The second kappa shape index (κ2) is 6.19. The van der Waals surface area contributed by atoms with Crippen LogP contribution in [0, 0.1) is 0 Å². The van der Waals surface area contributed by atoms with Gasteiger partial charge in [0.05, 0.1) is 12.6 Å². The summed E-state index contributed by atoms with van der Waals surface area (Å²) in [6, 6.07) is 4.17. The zero-order valence-corrected chi connectivity index (χ0v) is 15.3. The molecule has 0 bridgehead atoms. The maximum Gasteiger partial charge on any atom is 0.410 e. The minimum absolute atomic E-state index is 0.223. The number of carbonyl (C=O) groups excluding carboxylic acids is 1. The number of anilines is 1. The van der Waals surface area contributed by atoms with Crippen LogP contribution < -0.4 is 9.64 Å². The average molecular weight is 384 g/mol. The third-order valence-corrected chi connectivity index (χ3v) is 4.38. The highest BCUT2D eigenvalue weighted by atomic mass is 79.9. The third-order valence-electron chi connectivity index (χ3n) is 3.94. The van der Waals surface area contributed by atoms with Crippen molar-refractivity contribution in [1.82, 2.24) is 9.88 Å². The molecule has 1 amide bonds. The lowest BCUT2D eigenvalue weighted by Gasteiger charge is -2.41. The molecule has 126 valence electrons. The number of hydrogen-bond acceptors (Lipinski definition) is 5. The van der Waals surface area contributed by atoms with Crippen LogP contribution >= 0.6 is 15.9 Å². The van der Waals surface area contributed by atoms with Crippen LogP contribution in [0.3, 0.4) is 0 Å². The number of carbonyl (C=O) groups is 1. The van der Waals surface area contributed by atoms with E-state index in [1.165, 1.54) is 0 Å². The van der Waals surface area contributed by atoms with Crippen LogP contribution in [0.4, 0.5) is 10.5 Å². The molecule has 7 heteroatoms. The van der Waals surface area contributed by atoms with Crippen LogP contribution in [0.25, 0.3) is 0 Å². The summed E-state index contributed by atoms with van der Waals surface area (Å²) in [6.45, 7) is 8.30. The summed E-state index contributed by atoms with van der Waals surface area (Å²) in [5.74, 6) is 0.660. The number of fused-ring (bicyclic) bond motifs is 3. The van der Waals surface area contributed by atoms with E-state index in [1.807, 2.05) is 32.9 Å². The zero-order chi connectivity index (χ0) is 16.6. The van der Waals surface area contributed by atoms with Gasteiger partial charge >= 0.3 is 6.09 Å². The summed E-state index contributed by atoms with van der Waals surface area (Å²) in [5, 5.41) is 0. The topological polar surface area (TPSA) is 54.9 Å². The van der Waals surface area contributed by atoms with E-state index >= 15 is 0 Å². The Kier molecular flexibility index (Phi) is 4.40. The van der Waals surface area contributed by atoms with Gasteiger partial charge in [0.15, 0.2) is 0 Å². The van der Waals surface area contributed by atoms with E-state index < -0.39 is 5.60 Å². The minimum atomic E-state index is -0.469. The van der Waals surface area contributed by atoms with Gasteiger partial charge in [-0.3, -0.25) is 0 Å². The Balaban J connectivity index is 1.75. The molecule has 2 aliphatic rings. The predicted octanol–water partition coefficient (Wildman–Crippen LogP) is 3.05. The SMILES string of the molecule is CC(C)(C)OC(=O)N1CCN2c3ccc(Br)nc3OCCC2C1. The molecule has 0 aliphatic carbocycles. The first-order valence-corrected chi connectivity index (χ1v) is 8.67. The van der Waals surface area contributed by atoms with E-state index in [9.17, 15) is 4.79 Å². The molecule has 0 aromatic carbocycles. The first kappa shape index (κ1) is 16.4. The van der Waals surface area contributed by atoms with Crippen molar-refractivity contribution in [2.45, 2.75) is 38.8 Å². The molecular weight excluding hydrogens is 362 g/mol. The van der Waals surface area contributed by atoms with Gasteiger partial charge < -0.3 is 19.3 Å². The molecule has 1 aromatic heterocycles. The van der Waals surface area contributed by atoms with Crippen molar-refractivity contribution in [1.29, 1.82) is 0 Å². The fourth-order valence-electron chi connectivity index (χ4n) is 2.94. The molecule has 23 heavy (non-hydrogen) atoms. The fourth-order valence-corrected chi connectivity index (χ4v) is 3.23. The molecule has 1 atom stereocenters. The zero-order valence-electron chi connectivity index (χ0n) is 13.7. The number of nitrogens with zero attached hydrogens (tertiary/aromatic N) is 3. The summed E-state index contributed by atoms with van der Waals surface area (Å²) in [7, 11) is 0. The van der Waals surface area contributed by atoms with Crippen molar-refractivity contribution >= 4 is 27.7 Å². The van der Waals surface area contributed by atoms with Crippen molar-refractivity contribution in [2.24, 2.45) is 0 Å². The van der Waals surface area contributed by atoms with Gasteiger partial charge in [0.1, 0.15) is 15.9 Å². The molecule has 0 saturated carbocycles. The number of aromatic nitrogens is 1. The molecule has 1 unspecified atom stereocenters. The standard InChI is InChI=1S/C16H22BrN3O3/c1-16(2,3)23-15(21)19-7-8-20-11(10-19)6-9-22-14-12(20)4-5-13(17)18-14/h4-5,11H,6-10H2,1-3H3. The molecule has 3 heterocycles. The lowest BCUT2D eigenvalue weighted by atomic mass is 10.1. The van der Waals surface area contributed by atoms with Gasteiger partial charge in [0.2, 0.25) is 5.88 Å². The summed E-state index contributed by atoms with van der Waals surface area (Å²) in [5.41, 5.74) is 0.531. The lowest BCUT2D eigenvalue weighted by Crippen LogP contribution is -2.55. The number of ether oxygens (including phenoxy) is 2. The minimum Gasteiger partial charge on any atom is -0.476 e. The van der Waals surface area contributed by atoms with Crippen LogP contribution in [0.2, 0.25) is 0 Å². The van der Waals surface area contributed by atoms with E-state index in [0.717, 1.165) is 23.3 Å². The van der Waals surface area contributed by atoms with E-state index in [2.05, 4.69) is 25.8 Å². The Morgan fingerprint density at radius 1 is 1.39 bits per heavy atom. The Bertz CT molecular complexity index is 603. The molecule has 2 aliphatic heterocycles. The van der Waals surface area contributed by atoms with Crippen molar-refractivity contribution in [2.75, 3.05) is 31.1 Å². The van der Waals surface area contributed by atoms with E-state index in [0.29, 0.717) is 25.6 Å². The molecular formula is C16H22BrN3O3. The summed E-state index contributed by atoms with van der Waals surface area (Å²) < 4.78 is 12.0. The monoisotopic (exact) mass is 383 g/mol. The van der Waals surface area contributed by atoms with Crippen LogP contribution in [0.15, 0.2) is 16.7 Å². The highest BCUT2D eigenvalue weighted by Gasteiger charge is 2.34. The normalized spacial score (nSPS) is 21.0. The van der Waals surface area contributed by atoms with E-state index in [-0.39, 0.29) is 12.1 Å². The number of amides is 1. The smallest absolute Gasteiger partial charge is 0.410 e. The molecule has 1 fully saturated rings. The molecule has 0 N–H and O–H groups in total. The van der Waals surface area contributed by atoms with Gasteiger partial charge in [-0.1, -0.05) is 0 Å². The van der Waals surface area contributed by atoms with Crippen molar-refractivity contribution in [3.05, 3.63) is 16.7 Å². The Hall–Kier alpha value is -1.50. The highest BCUT2D eigenvalue weighted by Crippen LogP contribution is 2.34. The third kappa shape index (κ3) is 3.71. The Labute approximate surface area is 144 Å². The predicted molar refractivity (Wildman–Crippen MR) is 91.0 cm³/mol. The highest BCUT2D eigenvalue weighted by molar-refractivity contribution is 9.10. The molecule has 0 spiro atoms. The van der Waals surface area contributed by atoms with Gasteiger partial charge in [0, 0.05) is 26.1 Å². The van der Waals surface area contributed by atoms with Gasteiger partial charge in [-0.15, -0.1) is 0 Å². The van der Waals surface area contributed by atoms with Gasteiger partial charge in [0.25, 0.3) is 0 Å². The van der Waals surface area contributed by atoms with Crippen LogP contribution in [0.1, 0.15) is 27.2 Å². The van der Waals surface area contributed by atoms with Crippen LogP contribution in [-0.2, 0) is 4.74 Å². The quantitative estimate of drug-likeness (QED) is 0.644. The Morgan fingerprint density at radius 3 is 2.91 bits per heavy atom. The largest absolute Gasteiger partial charge is 0.476 e. The molecule has 1 aromatic rings. The first-order chi connectivity index (χ1) is 10.8. The molecule has 6 nitrogen and oxygen atoms in total. The average Bonchev–Trinajstić information content (AvgIpc) is 2.63. The van der Waals surface area contributed by atoms with E-state index in [4.69, 9.17) is 9.47 Å². The number of hydrogen-bond donors (Lipinski definition) is 0. The van der Waals surface area contributed by atoms with Crippen molar-refractivity contribution in [3.8, 4) is 5.88 Å². The first-order valence-electron chi connectivity index (χ1n) is 7.87. The number of halogens is 1. The maximum atomic E-state index is 12.3. The summed E-state index contributed by atoms with van der Waals surface area (Å²) in [4.78, 5) is 20.8. The molecule has 0 radical (unpaired) electrons. The van der Waals surface area contributed by atoms with Gasteiger partial charge in [-0.05, 0) is 48.8 Å². The second-order valence-corrected chi connectivity index (χ2v) is 7.68. The van der Waals surface area contributed by atoms with Crippen molar-refractivity contribution in [3.63, 3.8) is 0 Å². The van der Waals surface area contributed by atoms with Crippen molar-refractivity contribution < 1.29 is 14.3 Å². The number of rotatable bonds is 0. The van der Waals surface area contributed by atoms with Gasteiger partial charge in [-0.25, -0.2) is 9.78 Å². The van der Waals surface area contributed by atoms with E-state index in [1.54, 1.807) is 4.90 Å². The summed E-state index contributed by atoms with van der Waals surface area (Å²) >= 11 is 3.38. The fraction of sp³-hybridized carbons (Fsp3) is 0.625. The Morgan fingerprint density at radius 2 is 2.17 bits per heavy atom.